The van der Waals surface area contributed by atoms with Gasteiger partial charge in [-0.15, -0.1) is 0 Å². The number of hydrogen-bond acceptors (Lipinski definition) is 4. The Kier molecular flexibility index (Phi) is 2.40. The lowest BCUT2D eigenvalue weighted by atomic mass is 10.1. The molecule has 19 heavy (non-hydrogen) atoms. The van der Waals surface area contributed by atoms with Gasteiger partial charge in [-0.3, -0.25) is 0 Å². The van der Waals surface area contributed by atoms with Gasteiger partial charge in [0, 0.05) is 25.5 Å². The Bertz CT molecular complexity index is 585. The van der Waals surface area contributed by atoms with Crippen molar-refractivity contribution in [1.29, 1.82) is 0 Å². The molecule has 100 valence electrons. The number of hydrogen-bond donors (Lipinski definition) is 2. The van der Waals surface area contributed by atoms with Gasteiger partial charge in [-0.25, -0.2) is 9.97 Å². The second-order valence-corrected chi connectivity index (χ2v) is 5.73. The van der Waals surface area contributed by atoms with Crippen LogP contribution >= 0.6 is 0 Å². The first-order valence-electron chi connectivity index (χ1n) is 7.13. The number of nitrogens with zero attached hydrogens (tertiary/aromatic N) is 3. The summed E-state index contributed by atoms with van der Waals surface area (Å²) in [6.07, 6.45) is 11.2. The SMILES string of the molecule is CNc1cn2ccnc2c(NC(C2CC2)C2CC2)n1. The van der Waals surface area contributed by atoms with Gasteiger partial charge in [0.15, 0.2) is 11.5 Å². The molecule has 0 amide bonds. The number of rotatable bonds is 5. The first kappa shape index (κ1) is 11.1. The van der Waals surface area contributed by atoms with E-state index in [4.69, 9.17) is 0 Å². The van der Waals surface area contributed by atoms with Gasteiger partial charge in [0.05, 0.1) is 6.20 Å². The minimum absolute atomic E-state index is 0.597. The summed E-state index contributed by atoms with van der Waals surface area (Å²) in [5.74, 6) is 3.49. The summed E-state index contributed by atoms with van der Waals surface area (Å²) in [5.41, 5.74) is 0.922. The molecule has 2 aliphatic carbocycles. The Morgan fingerprint density at radius 1 is 1.26 bits per heavy atom. The molecule has 2 heterocycles. The van der Waals surface area contributed by atoms with Crippen molar-refractivity contribution in [3.8, 4) is 0 Å². The molecule has 2 saturated carbocycles. The average molecular weight is 257 g/mol. The smallest absolute Gasteiger partial charge is 0.180 e. The van der Waals surface area contributed by atoms with Crippen LogP contribution in [0.2, 0.25) is 0 Å². The maximum absolute atomic E-state index is 4.65. The third kappa shape index (κ3) is 2.03. The Morgan fingerprint density at radius 2 is 2.00 bits per heavy atom. The van der Waals surface area contributed by atoms with Gasteiger partial charge in [0.2, 0.25) is 0 Å². The molecule has 0 unspecified atom stereocenters. The second kappa shape index (κ2) is 4.11. The third-order valence-electron chi connectivity index (χ3n) is 4.19. The first-order chi connectivity index (χ1) is 9.35. The van der Waals surface area contributed by atoms with E-state index in [1.54, 1.807) is 0 Å². The lowest BCUT2D eigenvalue weighted by Crippen LogP contribution is -2.25. The van der Waals surface area contributed by atoms with E-state index >= 15 is 0 Å². The van der Waals surface area contributed by atoms with Crippen molar-refractivity contribution in [2.75, 3.05) is 17.7 Å². The molecule has 0 atom stereocenters. The van der Waals surface area contributed by atoms with E-state index in [-0.39, 0.29) is 0 Å². The normalized spacial score (nSPS) is 19.1. The van der Waals surface area contributed by atoms with Gasteiger partial charge >= 0.3 is 0 Å². The molecular weight excluding hydrogens is 238 g/mol. The second-order valence-electron chi connectivity index (χ2n) is 5.73. The fourth-order valence-corrected chi connectivity index (χ4v) is 2.84. The van der Waals surface area contributed by atoms with Gasteiger partial charge in [-0.1, -0.05) is 0 Å². The van der Waals surface area contributed by atoms with E-state index in [0.29, 0.717) is 6.04 Å². The number of fused-ring (bicyclic) bond motifs is 1. The molecule has 2 aromatic rings. The lowest BCUT2D eigenvalue weighted by molar-refractivity contribution is 0.566. The molecule has 2 N–H and O–H groups in total. The third-order valence-corrected chi connectivity index (χ3v) is 4.19. The van der Waals surface area contributed by atoms with Gasteiger partial charge < -0.3 is 15.0 Å². The highest BCUT2D eigenvalue weighted by atomic mass is 15.2. The minimum Gasteiger partial charge on any atom is -0.372 e. The Hall–Kier alpha value is -1.78. The van der Waals surface area contributed by atoms with Crippen molar-refractivity contribution in [2.24, 2.45) is 11.8 Å². The fourth-order valence-electron chi connectivity index (χ4n) is 2.84. The molecule has 2 aromatic heterocycles. The van der Waals surface area contributed by atoms with Crippen LogP contribution in [0.4, 0.5) is 11.6 Å². The Balaban J connectivity index is 1.70. The van der Waals surface area contributed by atoms with E-state index < -0.39 is 0 Å². The Morgan fingerprint density at radius 3 is 2.63 bits per heavy atom. The molecule has 5 nitrogen and oxygen atoms in total. The summed E-state index contributed by atoms with van der Waals surface area (Å²) < 4.78 is 2.03. The predicted octanol–water partition coefficient (Wildman–Crippen LogP) is 2.37. The number of imidazole rings is 1. The largest absolute Gasteiger partial charge is 0.372 e. The summed E-state index contributed by atoms with van der Waals surface area (Å²) in [7, 11) is 1.90. The van der Waals surface area contributed by atoms with Crippen LogP contribution in [0.5, 0.6) is 0 Å². The molecule has 2 aliphatic rings. The van der Waals surface area contributed by atoms with E-state index in [2.05, 4.69) is 20.6 Å². The number of aromatic nitrogens is 3. The number of anilines is 2. The van der Waals surface area contributed by atoms with Crippen molar-refractivity contribution in [3.05, 3.63) is 18.6 Å². The molecule has 5 heteroatoms. The quantitative estimate of drug-likeness (QED) is 0.863. The lowest BCUT2D eigenvalue weighted by Gasteiger charge is -2.19. The molecule has 0 aromatic carbocycles. The van der Waals surface area contributed by atoms with Crippen LogP contribution in [-0.2, 0) is 0 Å². The summed E-state index contributed by atoms with van der Waals surface area (Å²) in [6, 6.07) is 0.597. The van der Waals surface area contributed by atoms with Crippen molar-refractivity contribution < 1.29 is 0 Å². The number of nitrogens with one attached hydrogen (secondary N) is 2. The zero-order valence-electron chi connectivity index (χ0n) is 11.1. The van der Waals surface area contributed by atoms with Gasteiger partial charge in [0.1, 0.15) is 5.82 Å². The molecule has 0 spiro atoms. The maximum Gasteiger partial charge on any atom is 0.180 e. The summed E-state index contributed by atoms with van der Waals surface area (Å²) in [5, 5.41) is 6.78. The van der Waals surface area contributed by atoms with Crippen LogP contribution in [0.25, 0.3) is 5.65 Å². The average Bonchev–Trinajstić information content (AvgIpc) is 3.33. The highest BCUT2D eigenvalue weighted by Crippen LogP contribution is 2.46. The molecule has 0 radical (unpaired) electrons. The van der Waals surface area contributed by atoms with Crippen LogP contribution in [0, 0.1) is 11.8 Å². The minimum atomic E-state index is 0.597. The predicted molar refractivity (Wildman–Crippen MR) is 75.4 cm³/mol. The zero-order chi connectivity index (χ0) is 12.8. The standard InChI is InChI=1S/C14H19N5/c1-15-11-8-19-7-6-16-14(19)13(17-11)18-12(9-2-3-9)10-4-5-10/h6-10,12,15H,2-5H2,1H3,(H,17,18). The monoisotopic (exact) mass is 257 g/mol. The van der Waals surface area contributed by atoms with E-state index in [1.807, 2.05) is 30.0 Å². The van der Waals surface area contributed by atoms with Crippen molar-refractivity contribution in [1.82, 2.24) is 14.4 Å². The van der Waals surface area contributed by atoms with E-state index in [0.717, 1.165) is 29.1 Å². The van der Waals surface area contributed by atoms with Gasteiger partial charge in [-0.2, -0.15) is 0 Å². The van der Waals surface area contributed by atoms with Crippen LogP contribution < -0.4 is 10.6 Å². The van der Waals surface area contributed by atoms with Gasteiger partial charge in [0.25, 0.3) is 0 Å². The highest BCUT2D eigenvalue weighted by Gasteiger charge is 2.41. The van der Waals surface area contributed by atoms with Crippen molar-refractivity contribution >= 4 is 17.3 Å². The maximum atomic E-state index is 4.65. The van der Waals surface area contributed by atoms with E-state index in [1.165, 1.54) is 25.7 Å². The molecule has 0 saturated heterocycles. The molecule has 0 bridgehead atoms. The van der Waals surface area contributed by atoms with Crippen molar-refractivity contribution in [2.45, 2.75) is 31.7 Å². The molecule has 0 aliphatic heterocycles. The topological polar surface area (TPSA) is 54.2 Å². The zero-order valence-corrected chi connectivity index (χ0v) is 11.1. The van der Waals surface area contributed by atoms with Crippen LogP contribution in [0.15, 0.2) is 18.6 Å². The summed E-state index contributed by atoms with van der Waals surface area (Å²) in [4.78, 5) is 9.06. The highest BCUT2D eigenvalue weighted by molar-refractivity contribution is 5.65. The Labute approximate surface area is 112 Å². The van der Waals surface area contributed by atoms with Crippen LogP contribution in [0.3, 0.4) is 0 Å². The summed E-state index contributed by atoms with van der Waals surface area (Å²) in [6.45, 7) is 0. The van der Waals surface area contributed by atoms with Crippen molar-refractivity contribution in [3.63, 3.8) is 0 Å². The van der Waals surface area contributed by atoms with E-state index in [9.17, 15) is 0 Å². The van der Waals surface area contributed by atoms with Gasteiger partial charge in [-0.05, 0) is 37.5 Å². The summed E-state index contributed by atoms with van der Waals surface area (Å²) >= 11 is 0. The molecule has 4 rings (SSSR count). The molecule has 2 fully saturated rings. The fraction of sp³-hybridized carbons (Fsp3) is 0.571. The molecular formula is C14H19N5. The van der Waals surface area contributed by atoms with Crippen LogP contribution in [-0.4, -0.2) is 27.5 Å². The van der Waals surface area contributed by atoms with Crippen LogP contribution in [0.1, 0.15) is 25.7 Å². The first-order valence-corrected chi connectivity index (χ1v) is 7.13.